The number of guanidine groups is 1. The van der Waals surface area contributed by atoms with Crippen LogP contribution in [0.3, 0.4) is 0 Å². The summed E-state index contributed by atoms with van der Waals surface area (Å²) in [4.78, 5) is 9.80. The summed E-state index contributed by atoms with van der Waals surface area (Å²) in [5, 5.41) is 15.5. The third-order valence-electron chi connectivity index (χ3n) is 2.93. The van der Waals surface area contributed by atoms with Gasteiger partial charge in [0.1, 0.15) is 5.82 Å². The molecule has 0 aliphatic carbocycles. The normalized spacial score (nSPS) is 11.6. The van der Waals surface area contributed by atoms with E-state index < -0.39 is 0 Å². The quantitative estimate of drug-likeness (QED) is 0.494. The van der Waals surface area contributed by atoms with E-state index in [1.54, 1.807) is 30.7 Å². The van der Waals surface area contributed by atoms with E-state index in [0.29, 0.717) is 29.9 Å². The van der Waals surface area contributed by atoms with Crippen molar-refractivity contribution in [3.63, 3.8) is 0 Å². The average Bonchev–Trinajstić information content (AvgIpc) is 3.29. The SMILES string of the molecule is CN=C(NCc1nc(-c2ccco2)n[nH]1)NCc1cccs1. The molecule has 0 radical (unpaired) electrons. The highest BCUT2D eigenvalue weighted by atomic mass is 32.1. The monoisotopic (exact) mass is 316 g/mol. The lowest BCUT2D eigenvalue weighted by Gasteiger charge is -2.09. The van der Waals surface area contributed by atoms with Gasteiger partial charge < -0.3 is 15.1 Å². The number of H-pyrrole nitrogens is 1. The fraction of sp³-hybridized carbons (Fsp3) is 0.214. The van der Waals surface area contributed by atoms with Gasteiger partial charge in [0.25, 0.3) is 0 Å². The van der Waals surface area contributed by atoms with Crippen LogP contribution in [0.2, 0.25) is 0 Å². The number of aliphatic imine (C=N–C) groups is 1. The minimum absolute atomic E-state index is 0.498. The molecule has 0 amide bonds. The number of rotatable bonds is 5. The molecule has 0 spiro atoms. The minimum Gasteiger partial charge on any atom is -0.461 e. The highest BCUT2D eigenvalue weighted by Gasteiger charge is 2.08. The van der Waals surface area contributed by atoms with Gasteiger partial charge in [0, 0.05) is 11.9 Å². The zero-order valence-electron chi connectivity index (χ0n) is 12.0. The Hall–Kier alpha value is -2.61. The molecule has 0 saturated heterocycles. The summed E-state index contributed by atoms with van der Waals surface area (Å²) in [7, 11) is 1.73. The first-order chi connectivity index (χ1) is 10.8. The third-order valence-corrected chi connectivity index (χ3v) is 3.81. The van der Waals surface area contributed by atoms with Gasteiger partial charge in [0.2, 0.25) is 5.82 Å². The van der Waals surface area contributed by atoms with E-state index in [2.05, 4.69) is 42.3 Å². The lowest BCUT2D eigenvalue weighted by molar-refractivity contribution is 0.577. The van der Waals surface area contributed by atoms with Gasteiger partial charge in [-0.05, 0) is 23.6 Å². The Morgan fingerprint density at radius 2 is 2.23 bits per heavy atom. The molecule has 0 unspecified atom stereocenters. The molecule has 22 heavy (non-hydrogen) atoms. The molecule has 0 aliphatic heterocycles. The molecule has 0 aliphatic rings. The first-order valence-electron chi connectivity index (χ1n) is 6.77. The molecule has 0 bridgehead atoms. The van der Waals surface area contributed by atoms with Crippen LogP contribution in [0, 0.1) is 0 Å². The van der Waals surface area contributed by atoms with Crippen LogP contribution in [0.4, 0.5) is 0 Å². The van der Waals surface area contributed by atoms with Gasteiger partial charge in [-0.3, -0.25) is 10.1 Å². The molecule has 0 aromatic carbocycles. The average molecular weight is 316 g/mol. The van der Waals surface area contributed by atoms with E-state index >= 15 is 0 Å². The Balaban J connectivity index is 1.52. The van der Waals surface area contributed by atoms with Crippen LogP contribution in [0.1, 0.15) is 10.7 Å². The summed E-state index contributed by atoms with van der Waals surface area (Å²) in [6, 6.07) is 7.74. The Labute approximate surface area is 131 Å². The second kappa shape index (κ2) is 6.90. The molecule has 0 fully saturated rings. The van der Waals surface area contributed by atoms with Crippen molar-refractivity contribution in [3.8, 4) is 11.6 Å². The van der Waals surface area contributed by atoms with Gasteiger partial charge in [0.15, 0.2) is 11.7 Å². The number of furan rings is 1. The lowest BCUT2D eigenvalue weighted by atomic mass is 10.4. The number of hydrogen-bond acceptors (Lipinski definition) is 5. The summed E-state index contributed by atoms with van der Waals surface area (Å²) >= 11 is 1.71. The van der Waals surface area contributed by atoms with Crippen molar-refractivity contribution in [1.29, 1.82) is 0 Å². The van der Waals surface area contributed by atoms with Gasteiger partial charge in [-0.25, -0.2) is 4.98 Å². The molecule has 0 atom stereocenters. The molecule has 3 rings (SSSR count). The van der Waals surface area contributed by atoms with E-state index in [0.717, 1.165) is 6.54 Å². The second-order valence-corrected chi connectivity index (χ2v) is 5.47. The molecule has 3 aromatic rings. The number of nitrogens with zero attached hydrogens (tertiary/aromatic N) is 3. The van der Waals surface area contributed by atoms with Gasteiger partial charge in [-0.1, -0.05) is 6.07 Å². The molecule has 3 aromatic heterocycles. The second-order valence-electron chi connectivity index (χ2n) is 4.44. The van der Waals surface area contributed by atoms with Crippen molar-refractivity contribution >= 4 is 17.3 Å². The van der Waals surface area contributed by atoms with E-state index in [1.807, 2.05) is 12.1 Å². The molecule has 7 nitrogen and oxygen atoms in total. The lowest BCUT2D eigenvalue weighted by Crippen LogP contribution is -2.36. The summed E-state index contributed by atoms with van der Waals surface area (Å²) in [6.45, 7) is 1.24. The van der Waals surface area contributed by atoms with E-state index in [4.69, 9.17) is 4.42 Å². The zero-order chi connectivity index (χ0) is 15.2. The fourth-order valence-electron chi connectivity index (χ4n) is 1.86. The van der Waals surface area contributed by atoms with Gasteiger partial charge in [0.05, 0.1) is 19.4 Å². The number of thiophene rings is 1. The van der Waals surface area contributed by atoms with Crippen molar-refractivity contribution in [2.24, 2.45) is 4.99 Å². The fourth-order valence-corrected chi connectivity index (χ4v) is 2.51. The topological polar surface area (TPSA) is 91.1 Å². The Morgan fingerprint density at radius 1 is 1.32 bits per heavy atom. The Bertz CT molecular complexity index is 716. The van der Waals surface area contributed by atoms with E-state index in [9.17, 15) is 0 Å². The molecule has 8 heteroatoms. The van der Waals surface area contributed by atoms with Crippen LogP contribution in [0.15, 0.2) is 45.3 Å². The van der Waals surface area contributed by atoms with Crippen LogP contribution in [0.25, 0.3) is 11.6 Å². The largest absolute Gasteiger partial charge is 0.461 e. The van der Waals surface area contributed by atoms with Crippen LogP contribution in [0.5, 0.6) is 0 Å². The summed E-state index contributed by atoms with van der Waals surface area (Å²) in [5.41, 5.74) is 0. The Morgan fingerprint density at radius 3 is 2.95 bits per heavy atom. The molecular formula is C14H16N6OS. The highest BCUT2D eigenvalue weighted by Crippen LogP contribution is 2.14. The maximum Gasteiger partial charge on any atom is 0.216 e. The predicted octanol–water partition coefficient (Wildman–Crippen LogP) is 1.99. The number of aromatic amines is 1. The van der Waals surface area contributed by atoms with Crippen LogP contribution < -0.4 is 10.6 Å². The first-order valence-corrected chi connectivity index (χ1v) is 7.65. The van der Waals surface area contributed by atoms with Gasteiger partial charge in [-0.15, -0.1) is 16.4 Å². The molecule has 3 N–H and O–H groups in total. The molecular weight excluding hydrogens is 300 g/mol. The summed E-state index contributed by atoms with van der Waals surface area (Å²) in [6.07, 6.45) is 1.60. The number of hydrogen-bond donors (Lipinski definition) is 3. The summed E-state index contributed by atoms with van der Waals surface area (Å²) < 4.78 is 5.26. The van der Waals surface area contributed by atoms with Crippen molar-refractivity contribution in [1.82, 2.24) is 25.8 Å². The first kappa shape index (κ1) is 14.3. The van der Waals surface area contributed by atoms with E-state index in [-0.39, 0.29) is 0 Å². The van der Waals surface area contributed by atoms with Crippen LogP contribution in [-0.2, 0) is 13.1 Å². The van der Waals surface area contributed by atoms with Crippen molar-refractivity contribution < 1.29 is 4.42 Å². The Kier molecular flexibility index (Phi) is 4.50. The maximum atomic E-state index is 5.26. The minimum atomic E-state index is 0.498. The zero-order valence-corrected chi connectivity index (χ0v) is 12.9. The highest BCUT2D eigenvalue weighted by molar-refractivity contribution is 7.09. The van der Waals surface area contributed by atoms with Gasteiger partial charge >= 0.3 is 0 Å². The number of aromatic nitrogens is 3. The number of nitrogens with one attached hydrogen (secondary N) is 3. The summed E-state index contributed by atoms with van der Waals surface area (Å²) in [5.74, 6) is 2.61. The third kappa shape index (κ3) is 3.53. The van der Waals surface area contributed by atoms with Crippen molar-refractivity contribution in [3.05, 3.63) is 46.6 Å². The molecule has 0 saturated carbocycles. The molecule has 114 valence electrons. The van der Waals surface area contributed by atoms with Crippen molar-refractivity contribution in [2.75, 3.05) is 7.05 Å². The van der Waals surface area contributed by atoms with Gasteiger partial charge in [-0.2, -0.15) is 0 Å². The van der Waals surface area contributed by atoms with Crippen molar-refractivity contribution in [2.45, 2.75) is 13.1 Å². The molecule has 3 heterocycles. The predicted molar refractivity (Wildman–Crippen MR) is 85.4 cm³/mol. The van der Waals surface area contributed by atoms with Crippen LogP contribution in [-0.4, -0.2) is 28.2 Å². The van der Waals surface area contributed by atoms with E-state index in [1.165, 1.54) is 4.88 Å². The van der Waals surface area contributed by atoms with Crippen LogP contribution >= 0.6 is 11.3 Å². The smallest absolute Gasteiger partial charge is 0.216 e. The standard InChI is InChI=1S/C14H16N6OS/c1-15-14(16-8-10-4-3-7-22-10)17-9-12-18-13(20-19-12)11-5-2-6-21-11/h2-7H,8-9H2,1H3,(H2,15,16,17)(H,18,19,20). The maximum absolute atomic E-state index is 5.26.